The van der Waals surface area contributed by atoms with Crippen LogP contribution >= 0.6 is 0 Å². The first-order valence-corrected chi connectivity index (χ1v) is 7.02. The van der Waals surface area contributed by atoms with Gasteiger partial charge in [0.1, 0.15) is 0 Å². The molecule has 0 aliphatic heterocycles. The molecule has 0 atom stereocenters. The van der Waals surface area contributed by atoms with E-state index < -0.39 is 0 Å². The third-order valence-electron chi connectivity index (χ3n) is 3.05. The Morgan fingerprint density at radius 2 is 1.68 bits per heavy atom. The molecule has 19 heavy (non-hydrogen) atoms. The van der Waals surface area contributed by atoms with Crippen molar-refractivity contribution in [3.8, 4) is 0 Å². The van der Waals surface area contributed by atoms with Crippen LogP contribution in [0.4, 0.5) is 17.1 Å². The summed E-state index contributed by atoms with van der Waals surface area (Å²) in [6.45, 7) is 5.31. The average Bonchev–Trinajstić information content (AvgIpc) is 2.43. The molecule has 0 spiro atoms. The van der Waals surface area contributed by atoms with E-state index in [1.165, 1.54) is 11.3 Å². The van der Waals surface area contributed by atoms with E-state index in [9.17, 15) is 0 Å². The van der Waals surface area contributed by atoms with Gasteiger partial charge in [-0.1, -0.05) is 31.5 Å². The summed E-state index contributed by atoms with van der Waals surface area (Å²) < 4.78 is 0. The van der Waals surface area contributed by atoms with Gasteiger partial charge in [0, 0.05) is 23.6 Å². The quantitative estimate of drug-likeness (QED) is 0.772. The van der Waals surface area contributed by atoms with Gasteiger partial charge in [0.2, 0.25) is 0 Å². The summed E-state index contributed by atoms with van der Waals surface area (Å²) in [6, 6.07) is 16.8. The molecule has 0 aromatic heterocycles. The van der Waals surface area contributed by atoms with Gasteiger partial charge < -0.3 is 10.6 Å². The van der Waals surface area contributed by atoms with E-state index in [4.69, 9.17) is 0 Å². The first kappa shape index (κ1) is 13.5. The molecular formula is C17H22N2. The number of benzene rings is 2. The maximum Gasteiger partial charge on any atom is 0.0388 e. The minimum atomic E-state index is 0.960. The van der Waals surface area contributed by atoms with Gasteiger partial charge in [-0.25, -0.2) is 0 Å². The monoisotopic (exact) mass is 254 g/mol. The summed E-state index contributed by atoms with van der Waals surface area (Å²) >= 11 is 0. The average molecular weight is 254 g/mol. The van der Waals surface area contributed by atoms with Crippen molar-refractivity contribution in [2.24, 2.45) is 0 Å². The summed E-state index contributed by atoms with van der Waals surface area (Å²) in [6.07, 6.45) is 2.26. The molecule has 0 saturated heterocycles. The lowest BCUT2D eigenvalue weighted by atomic mass is 10.1. The second-order valence-corrected chi connectivity index (χ2v) is 4.64. The number of aryl methyl sites for hydroxylation is 1. The summed E-state index contributed by atoms with van der Waals surface area (Å²) in [5, 5.41) is 6.87. The van der Waals surface area contributed by atoms with Crippen LogP contribution in [0, 0.1) is 0 Å². The lowest BCUT2D eigenvalue weighted by molar-refractivity contribution is 0.921. The maximum atomic E-state index is 3.44. The number of anilines is 3. The fraction of sp³-hybridized carbons (Fsp3) is 0.294. The highest BCUT2D eigenvalue weighted by Gasteiger charge is 2.03. The normalized spacial score (nSPS) is 10.2. The van der Waals surface area contributed by atoms with E-state index in [0.717, 1.165) is 30.8 Å². The van der Waals surface area contributed by atoms with Gasteiger partial charge >= 0.3 is 0 Å². The third-order valence-corrected chi connectivity index (χ3v) is 3.05. The topological polar surface area (TPSA) is 24.1 Å². The van der Waals surface area contributed by atoms with E-state index in [1.54, 1.807) is 0 Å². The van der Waals surface area contributed by atoms with Crippen LogP contribution < -0.4 is 10.6 Å². The lowest BCUT2D eigenvalue weighted by Gasteiger charge is -2.13. The highest BCUT2D eigenvalue weighted by atomic mass is 14.9. The predicted octanol–water partition coefficient (Wildman–Crippen LogP) is 4.81. The van der Waals surface area contributed by atoms with Gasteiger partial charge in [-0.05, 0) is 49.2 Å². The molecule has 2 heteroatoms. The smallest absolute Gasteiger partial charge is 0.0388 e. The van der Waals surface area contributed by atoms with E-state index in [1.807, 2.05) is 18.2 Å². The first-order valence-electron chi connectivity index (χ1n) is 7.02. The van der Waals surface area contributed by atoms with Crippen LogP contribution in [0.2, 0.25) is 0 Å². The Bertz CT molecular complexity index is 506. The zero-order valence-corrected chi connectivity index (χ0v) is 11.7. The fourth-order valence-corrected chi connectivity index (χ4v) is 2.20. The molecule has 2 aromatic carbocycles. The molecule has 2 N–H and O–H groups in total. The van der Waals surface area contributed by atoms with Crippen molar-refractivity contribution in [3.63, 3.8) is 0 Å². The number of hydrogen-bond acceptors (Lipinski definition) is 2. The summed E-state index contributed by atoms with van der Waals surface area (Å²) in [5.74, 6) is 0. The lowest BCUT2D eigenvalue weighted by Crippen LogP contribution is -2.01. The van der Waals surface area contributed by atoms with Crippen LogP contribution in [0.25, 0.3) is 0 Å². The van der Waals surface area contributed by atoms with Crippen molar-refractivity contribution >= 4 is 17.1 Å². The van der Waals surface area contributed by atoms with Gasteiger partial charge in [0.05, 0.1) is 0 Å². The molecule has 0 unspecified atom stereocenters. The van der Waals surface area contributed by atoms with Gasteiger partial charge in [0.15, 0.2) is 0 Å². The largest absolute Gasteiger partial charge is 0.385 e. The number of rotatable bonds is 6. The maximum absolute atomic E-state index is 3.44. The summed E-state index contributed by atoms with van der Waals surface area (Å²) in [5.41, 5.74) is 4.91. The van der Waals surface area contributed by atoms with Crippen molar-refractivity contribution in [3.05, 3.63) is 54.1 Å². The zero-order chi connectivity index (χ0) is 13.5. The second kappa shape index (κ2) is 6.83. The molecule has 0 radical (unpaired) electrons. The standard InChI is InChI=1S/C17H22N2/c1-3-8-14-13-16(11-12-17(14)18-4-2)19-15-9-6-5-7-10-15/h5-7,9-13,18-19H,3-4,8H2,1-2H3. The Morgan fingerprint density at radius 3 is 2.37 bits per heavy atom. The Labute approximate surface area is 115 Å². The van der Waals surface area contributed by atoms with Crippen LogP contribution in [-0.4, -0.2) is 6.54 Å². The van der Waals surface area contributed by atoms with Crippen LogP contribution in [0.15, 0.2) is 48.5 Å². The Kier molecular flexibility index (Phi) is 4.85. The van der Waals surface area contributed by atoms with Crippen molar-refractivity contribution < 1.29 is 0 Å². The van der Waals surface area contributed by atoms with Gasteiger partial charge in [-0.15, -0.1) is 0 Å². The first-order chi connectivity index (χ1) is 9.33. The highest BCUT2D eigenvalue weighted by molar-refractivity contribution is 5.65. The SMILES string of the molecule is CCCc1cc(Nc2ccccc2)ccc1NCC. The molecule has 0 aliphatic rings. The van der Waals surface area contributed by atoms with Crippen LogP contribution in [0.1, 0.15) is 25.8 Å². The van der Waals surface area contributed by atoms with Gasteiger partial charge in [-0.2, -0.15) is 0 Å². The Balaban J connectivity index is 2.20. The third kappa shape index (κ3) is 3.75. The molecule has 0 amide bonds. The van der Waals surface area contributed by atoms with E-state index in [2.05, 4.69) is 54.8 Å². The molecule has 0 saturated carbocycles. The predicted molar refractivity (Wildman–Crippen MR) is 84.3 cm³/mol. The highest BCUT2D eigenvalue weighted by Crippen LogP contribution is 2.24. The van der Waals surface area contributed by atoms with Crippen LogP contribution in [-0.2, 0) is 6.42 Å². The van der Waals surface area contributed by atoms with E-state index >= 15 is 0 Å². The van der Waals surface area contributed by atoms with Gasteiger partial charge in [0.25, 0.3) is 0 Å². The fourth-order valence-electron chi connectivity index (χ4n) is 2.20. The van der Waals surface area contributed by atoms with Crippen LogP contribution in [0.5, 0.6) is 0 Å². The molecule has 2 rings (SSSR count). The number of para-hydroxylation sites is 1. The van der Waals surface area contributed by atoms with Crippen LogP contribution in [0.3, 0.4) is 0 Å². The molecular weight excluding hydrogens is 232 g/mol. The molecule has 0 bridgehead atoms. The molecule has 100 valence electrons. The van der Waals surface area contributed by atoms with E-state index in [0.29, 0.717) is 0 Å². The number of nitrogens with one attached hydrogen (secondary N) is 2. The Morgan fingerprint density at radius 1 is 0.895 bits per heavy atom. The molecule has 2 aromatic rings. The molecule has 0 heterocycles. The zero-order valence-electron chi connectivity index (χ0n) is 11.7. The molecule has 0 aliphatic carbocycles. The van der Waals surface area contributed by atoms with Crippen molar-refractivity contribution in [2.75, 3.05) is 17.2 Å². The second-order valence-electron chi connectivity index (χ2n) is 4.64. The Hall–Kier alpha value is -1.96. The molecule has 0 fully saturated rings. The minimum absolute atomic E-state index is 0.960. The molecule has 2 nitrogen and oxygen atoms in total. The summed E-state index contributed by atoms with van der Waals surface area (Å²) in [7, 11) is 0. The minimum Gasteiger partial charge on any atom is -0.385 e. The number of hydrogen-bond donors (Lipinski definition) is 2. The van der Waals surface area contributed by atoms with Crippen molar-refractivity contribution in [1.29, 1.82) is 0 Å². The van der Waals surface area contributed by atoms with Crippen molar-refractivity contribution in [2.45, 2.75) is 26.7 Å². The van der Waals surface area contributed by atoms with Gasteiger partial charge in [-0.3, -0.25) is 0 Å². The van der Waals surface area contributed by atoms with E-state index in [-0.39, 0.29) is 0 Å². The summed E-state index contributed by atoms with van der Waals surface area (Å²) in [4.78, 5) is 0. The van der Waals surface area contributed by atoms with Crippen molar-refractivity contribution in [1.82, 2.24) is 0 Å².